The zero-order valence-corrected chi connectivity index (χ0v) is 10.9. The number of nitrogens with one attached hydrogen (secondary N) is 2. The van der Waals surface area contributed by atoms with Crippen molar-refractivity contribution >= 4 is 5.91 Å². The van der Waals surface area contributed by atoms with E-state index >= 15 is 0 Å². The highest BCUT2D eigenvalue weighted by atomic mass is 16.2. The van der Waals surface area contributed by atoms with Gasteiger partial charge in [-0.3, -0.25) is 14.3 Å². The molecule has 0 radical (unpaired) electrons. The topological polar surface area (TPSA) is 79.8 Å². The van der Waals surface area contributed by atoms with Crippen LogP contribution in [0, 0.1) is 6.92 Å². The fourth-order valence-corrected chi connectivity index (χ4v) is 1.80. The minimum absolute atomic E-state index is 0.135. The van der Waals surface area contributed by atoms with Crippen LogP contribution in [0.5, 0.6) is 0 Å². The molecular weight excluding hydrogens is 244 g/mol. The number of pyridine rings is 1. The number of rotatable bonds is 4. The van der Waals surface area contributed by atoms with Gasteiger partial charge in [0.15, 0.2) is 5.43 Å². The minimum atomic E-state index is -0.358. The van der Waals surface area contributed by atoms with Crippen LogP contribution in [0.15, 0.2) is 29.3 Å². The number of amides is 1. The van der Waals surface area contributed by atoms with E-state index in [4.69, 9.17) is 0 Å². The molecule has 19 heavy (non-hydrogen) atoms. The van der Waals surface area contributed by atoms with Crippen LogP contribution >= 0.6 is 0 Å². The Labute approximate surface area is 110 Å². The molecule has 2 N–H and O–H groups in total. The van der Waals surface area contributed by atoms with E-state index in [9.17, 15) is 9.59 Å². The Morgan fingerprint density at radius 1 is 1.53 bits per heavy atom. The fourth-order valence-electron chi connectivity index (χ4n) is 1.80. The molecule has 0 unspecified atom stereocenters. The third kappa shape index (κ3) is 3.09. The van der Waals surface area contributed by atoms with Gasteiger partial charge in [-0.1, -0.05) is 0 Å². The van der Waals surface area contributed by atoms with Gasteiger partial charge in [-0.05, 0) is 13.0 Å². The maximum absolute atomic E-state index is 11.8. The first-order valence-electron chi connectivity index (χ1n) is 6.02. The van der Waals surface area contributed by atoms with Crippen molar-refractivity contribution in [3.63, 3.8) is 0 Å². The van der Waals surface area contributed by atoms with Gasteiger partial charge in [-0.15, -0.1) is 0 Å². The average Bonchev–Trinajstić information content (AvgIpc) is 2.75. The highest BCUT2D eigenvalue weighted by Crippen LogP contribution is 1.97. The predicted octanol–water partition coefficient (Wildman–Crippen LogP) is 0.389. The number of carbonyl (C=O) groups excluding carboxylic acids is 1. The number of nitrogens with zero attached hydrogens (tertiary/aromatic N) is 2. The van der Waals surface area contributed by atoms with Crippen LogP contribution in [0.25, 0.3) is 0 Å². The zero-order valence-electron chi connectivity index (χ0n) is 10.9. The molecule has 2 rings (SSSR count). The largest absolute Gasteiger partial charge is 0.364 e. The highest BCUT2D eigenvalue weighted by molar-refractivity contribution is 5.93. The molecule has 0 aliphatic rings. The van der Waals surface area contributed by atoms with Crippen LogP contribution in [-0.2, 0) is 13.5 Å². The molecule has 0 aliphatic heterocycles. The number of aromatic nitrogens is 3. The van der Waals surface area contributed by atoms with Crippen LogP contribution in [0.3, 0.4) is 0 Å². The maximum atomic E-state index is 11.8. The maximum Gasteiger partial charge on any atom is 0.256 e. The van der Waals surface area contributed by atoms with Gasteiger partial charge in [0.2, 0.25) is 0 Å². The average molecular weight is 260 g/mol. The Morgan fingerprint density at radius 3 is 2.95 bits per heavy atom. The summed E-state index contributed by atoms with van der Waals surface area (Å²) in [7, 11) is 1.85. The second kappa shape index (κ2) is 5.51. The first-order chi connectivity index (χ1) is 9.08. The van der Waals surface area contributed by atoms with E-state index < -0.39 is 0 Å². The summed E-state index contributed by atoms with van der Waals surface area (Å²) in [5.74, 6) is -0.358. The van der Waals surface area contributed by atoms with Gasteiger partial charge in [-0.2, -0.15) is 5.10 Å². The van der Waals surface area contributed by atoms with Crippen molar-refractivity contribution in [1.82, 2.24) is 20.1 Å². The van der Waals surface area contributed by atoms with Gasteiger partial charge in [0.25, 0.3) is 5.91 Å². The van der Waals surface area contributed by atoms with Crippen molar-refractivity contribution in [3.8, 4) is 0 Å². The number of aryl methyl sites for hydroxylation is 2. The zero-order chi connectivity index (χ0) is 13.8. The van der Waals surface area contributed by atoms with Crippen LogP contribution in [0.2, 0.25) is 0 Å². The van der Waals surface area contributed by atoms with Crippen molar-refractivity contribution in [2.45, 2.75) is 13.3 Å². The van der Waals surface area contributed by atoms with E-state index in [2.05, 4.69) is 15.4 Å². The number of hydrogen-bond donors (Lipinski definition) is 2. The van der Waals surface area contributed by atoms with Crippen molar-refractivity contribution in [3.05, 3.63) is 51.7 Å². The molecule has 6 nitrogen and oxygen atoms in total. The van der Waals surface area contributed by atoms with E-state index in [1.165, 1.54) is 12.3 Å². The van der Waals surface area contributed by atoms with E-state index in [-0.39, 0.29) is 16.9 Å². The van der Waals surface area contributed by atoms with Gasteiger partial charge in [-0.25, -0.2) is 0 Å². The summed E-state index contributed by atoms with van der Waals surface area (Å²) in [6, 6.07) is 3.31. The fraction of sp³-hybridized carbons (Fsp3) is 0.308. The van der Waals surface area contributed by atoms with Crippen molar-refractivity contribution in [2.24, 2.45) is 7.05 Å². The lowest BCUT2D eigenvalue weighted by Crippen LogP contribution is -2.30. The van der Waals surface area contributed by atoms with Crippen LogP contribution in [0.1, 0.15) is 21.7 Å². The standard InChI is InChI=1S/C13H16N4O2/c1-9-7-12(18)11(8-15-9)13(19)14-5-3-10-4-6-16-17(10)2/h4,6-8H,3,5H2,1-2H3,(H,14,19)(H,15,18). The summed E-state index contributed by atoms with van der Waals surface area (Å²) in [6.07, 6.45) is 3.82. The van der Waals surface area contributed by atoms with Gasteiger partial charge < -0.3 is 10.3 Å². The van der Waals surface area contributed by atoms with Crippen molar-refractivity contribution in [1.29, 1.82) is 0 Å². The summed E-state index contributed by atoms with van der Waals surface area (Å²) >= 11 is 0. The molecule has 0 aromatic carbocycles. The monoisotopic (exact) mass is 260 g/mol. The molecule has 1 amide bonds. The van der Waals surface area contributed by atoms with E-state index in [1.807, 2.05) is 13.1 Å². The summed E-state index contributed by atoms with van der Waals surface area (Å²) in [5.41, 5.74) is 1.62. The van der Waals surface area contributed by atoms with E-state index in [1.54, 1.807) is 17.8 Å². The Hall–Kier alpha value is -2.37. The predicted molar refractivity (Wildman–Crippen MR) is 71.0 cm³/mol. The van der Waals surface area contributed by atoms with Crippen molar-refractivity contribution < 1.29 is 4.79 Å². The number of carbonyl (C=O) groups is 1. The molecule has 0 saturated heterocycles. The molecule has 0 fully saturated rings. The lowest BCUT2D eigenvalue weighted by atomic mass is 10.2. The molecule has 2 heterocycles. The van der Waals surface area contributed by atoms with Crippen molar-refractivity contribution in [2.75, 3.05) is 6.54 Å². The Balaban J connectivity index is 1.95. The second-order valence-electron chi connectivity index (χ2n) is 4.35. The third-order valence-electron chi connectivity index (χ3n) is 2.89. The molecule has 0 aliphatic carbocycles. The van der Waals surface area contributed by atoms with E-state index in [0.717, 1.165) is 11.4 Å². The van der Waals surface area contributed by atoms with Crippen LogP contribution < -0.4 is 10.7 Å². The Kier molecular flexibility index (Phi) is 3.79. The van der Waals surface area contributed by atoms with E-state index in [0.29, 0.717) is 13.0 Å². The molecule has 0 bridgehead atoms. The molecule has 2 aromatic heterocycles. The third-order valence-corrected chi connectivity index (χ3v) is 2.89. The molecule has 100 valence electrons. The Morgan fingerprint density at radius 2 is 2.32 bits per heavy atom. The highest BCUT2D eigenvalue weighted by Gasteiger charge is 2.09. The van der Waals surface area contributed by atoms with Gasteiger partial charge in [0, 0.05) is 49.9 Å². The molecule has 6 heteroatoms. The summed E-state index contributed by atoms with van der Waals surface area (Å²) in [6.45, 7) is 2.23. The van der Waals surface area contributed by atoms with Gasteiger partial charge in [0.1, 0.15) is 5.56 Å². The Bertz CT molecular complexity index is 642. The molecule has 0 saturated carbocycles. The number of aromatic amines is 1. The SMILES string of the molecule is Cc1cc(=O)c(C(=O)NCCc2ccnn2C)c[nH]1. The summed E-state index contributed by atoms with van der Waals surface area (Å²) in [5, 5.41) is 6.77. The first kappa shape index (κ1) is 13.1. The van der Waals surface area contributed by atoms with Crippen LogP contribution in [-0.4, -0.2) is 27.2 Å². The summed E-state index contributed by atoms with van der Waals surface area (Å²) in [4.78, 5) is 26.3. The number of hydrogen-bond acceptors (Lipinski definition) is 3. The lowest BCUT2D eigenvalue weighted by Gasteiger charge is -2.05. The second-order valence-corrected chi connectivity index (χ2v) is 4.35. The lowest BCUT2D eigenvalue weighted by molar-refractivity contribution is 0.0952. The number of H-pyrrole nitrogens is 1. The van der Waals surface area contributed by atoms with Gasteiger partial charge in [0.05, 0.1) is 0 Å². The smallest absolute Gasteiger partial charge is 0.256 e. The molecular formula is C13H16N4O2. The summed E-state index contributed by atoms with van der Waals surface area (Å²) < 4.78 is 1.75. The first-order valence-corrected chi connectivity index (χ1v) is 6.02. The quantitative estimate of drug-likeness (QED) is 0.834. The normalized spacial score (nSPS) is 10.4. The molecule has 0 spiro atoms. The molecule has 2 aromatic rings. The molecule has 0 atom stereocenters. The van der Waals surface area contributed by atoms with Gasteiger partial charge >= 0.3 is 0 Å². The minimum Gasteiger partial charge on any atom is -0.364 e. The van der Waals surface area contributed by atoms with Crippen LogP contribution in [0.4, 0.5) is 0 Å².